The molecule has 0 atom stereocenters. The van der Waals surface area contributed by atoms with Crippen molar-refractivity contribution in [3.05, 3.63) is 46.4 Å². The maximum absolute atomic E-state index is 12.4. The average Bonchev–Trinajstić information content (AvgIpc) is 2.97. The Morgan fingerprint density at radius 2 is 2.32 bits per heavy atom. The summed E-state index contributed by atoms with van der Waals surface area (Å²) in [5, 5.41) is 5.04. The molecule has 1 N–H and O–H groups in total. The minimum atomic E-state index is -0.0343. The van der Waals surface area contributed by atoms with E-state index in [0.717, 1.165) is 5.69 Å². The van der Waals surface area contributed by atoms with Gasteiger partial charge in [0.1, 0.15) is 5.69 Å². The van der Waals surface area contributed by atoms with Gasteiger partial charge in [0.05, 0.1) is 6.54 Å². The average molecular weight is 275 g/mol. The molecule has 5 heteroatoms. The lowest BCUT2D eigenvalue weighted by Gasteiger charge is -2.19. The number of anilines is 1. The molecule has 2 heterocycles. The quantitative estimate of drug-likeness (QED) is 0.912. The van der Waals surface area contributed by atoms with Gasteiger partial charge in [-0.15, -0.1) is 11.3 Å². The Hall–Kier alpha value is -1.88. The summed E-state index contributed by atoms with van der Waals surface area (Å²) in [5.41, 5.74) is 1.37. The fourth-order valence-electron chi connectivity index (χ4n) is 1.78. The highest BCUT2D eigenvalue weighted by Gasteiger charge is 2.16. The predicted molar refractivity (Wildman–Crippen MR) is 78.5 cm³/mol. The second kappa shape index (κ2) is 6.33. The van der Waals surface area contributed by atoms with Gasteiger partial charge in [-0.2, -0.15) is 0 Å². The van der Waals surface area contributed by atoms with Gasteiger partial charge in [0.2, 0.25) is 0 Å². The number of hydrogen-bond acceptors (Lipinski definition) is 4. The lowest BCUT2D eigenvalue weighted by atomic mass is 10.2. The van der Waals surface area contributed by atoms with Crippen LogP contribution in [0.25, 0.3) is 0 Å². The molecule has 0 bridgehead atoms. The van der Waals surface area contributed by atoms with E-state index in [-0.39, 0.29) is 5.91 Å². The fourth-order valence-corrected chi connectivity index (χ4v) is 2.50. The van der Waals surface area contributed by atoms with E-state index in [1.807, 2.05) is 37.6 Å². The maximum Gasteiger partial charge on any atom is 0.272 e. The second-order valence-corrected chi connectivity index (χ2v) is 5.11. The van der Waals surface area contributed by atoms with Crippen LogP contribution in [-0.4, -0.2) is 29.4 Å². The van der Waals surface area contributed by atoms with E-state index >= 15 is 0 Å². The van der Waals surface area contributed by atoms with E-state index < -0.39 is 0 Å². The third-order valence-corrected chi connectivity index (χ3v) is 3.72. The number of pyridine rings is 1. The molecule has 0 spiro atoms. The molecule has 0 aliphatic carbocycles. The van der Waals surface area contributed by atoms with Crippen molar-refractivity contribution < 1.29 is 4.79 Å². The van der Waals surface area contributed by atoms with Crippen LogP contribution < -0.4 is 5.32 Å². The van der Waals surface area contributed by atoms with E-state index in [1.54, 1.807) is 28.5 Å². The van der Waals surface area contributed by atoms with Crippen molar-refractivity contribution in [3.63, 3.8) is 0 Å². The summed E-state index contributed by atoms with van der Waals surface area (Å²) in [7, 11) is 1.83. The van der Waals surface area contributed by atoms with Crippen LogP contribution in [0.4, 0.5) is 5.69 Å². The van der Waals surface area contributed by atoms with Crippen LogP contribution in [0.5, 0.6) is 0 Å². The monoisotopic (exact) mass is 275 g/mol. The number of aromatic nitrogens is 1. The molecule has 4 nitrogen and oxygen atoms in total. The van der Waals surface area contributed by atoms with Crippen LogP contribution in [0.3, 0.4) is 0 Å². The molecule has 2 rings (SSSR count). The zero-order valence-electron chi connectivity index (χ0n) is 11.1. The number of rotatable bonds is 5. The number of carbonyl (C=O) groups is 1. The molecule has 100 valence electrons. The summed E-state index contributed by atoms with van der Waals surface area (Å²) in [6.45, 7) is 3.29. The third-order valence-electron chi connectivity index (χ3n) is 2.86. The standard InChI is InChI=1S/C14H17N3OS/c1-3-17(10-12-5-4-8-19-12)14(18)13-9-11(15-2)6-7-16-13/h4-9H,3,10H2,1-2H3,(H,15,16). The Kier molecular flexibility index (Phi) is 4.52. The molecule has 0 aliphatic heterocycles. The van der Waals surface area contributed by atoms with Crippen molar-refractivity contribution in [1.82, 2.24) is 9.88 Å². The predicted octanol–water partition coefficient (Wildman–Crippen LogP) is 2.85. The van der Waals surface area contributed by atoms with Crippen molar-refractivity contribution in [2.75, 3.05) is 18.9 Å². The molecular weight excluding hydrogens is 258 g/mol. The Balaban J connectivity index is 2.15. The van der Waals surface area contributed by atoms with E-state index in [0.29, 0.717) is 18.8 Å². The smallest absolute Gasteiger partial charge is 0.272 e. The van der Waals surface area contributed by atoms with Gasteiger partial charge in [-0.05, 0) is 30.5 Å². The van der Waals surface area contributed by atoms with Gasteiger partial charge in [-0.1, -0.05) is 6.07 Å². The van der Waals surface area contributed by atoms with Crippen LogP contribution in [0.15, 0.2) is 35.8 Å². The molecule has 0 radical (unpaired) electrons. The van der Waals surface area contributed by atoms with Gasteiger partial charge < -0.3 is 10.2 Å². The van der Waals surface area contributed by atoms with E-state index in [2.05, 4.69) is 10.3 Å². The van der Waals surface area contributed by atoms with Crippen molar-refractivity contribution in [2.45, 2.75) is 13.5 Å². The van der Waals surface area contributed by atoms with Crippen LogP contribution in [0, 0.1) is 0 Å². The Bertz CT molecular complexity index is 539. The summed E-state index contributed by atoms with van der Waals surface area (Å²) in [5.74, 6) is -0.0343. The Labute approximate surface area is 117 Å². The number of amides is 1. The number of nitrogens with one attached hydrogen (secondary N) is 1. The van der Waals surface area contributed by atoms with Gasteiger partial charge in [-0.3, -0.25) is 9.78 Å². The number of thiophene rings is 1. The van der Waals surface area contributed by atoms with E-state index in [9.17, 15) is 4.79 Å². The molecule has 0 saturated heterocycles. The van der Waals surface area contributed by atoms with Gasteiger partial charge in [0.25, 0.3) is 5.91 Å². The molecule has 0 aliphatic rings. The summed E-state index contributed by atoms with van der Waals surface area (Å²) in [6.07, 6.45) is 1.65. The maximum atomic E-state index is 12.4. The molecule has 2 aromatic rings. The van der Waals surface area contributed by atoms with Crippen LogP contribution >= 0.6 is 11.3 Å². The van der Waals surface area contributed by atoms with Crippen LogP contribution in [0.1, 0.15) is 22.3 Å². The van der Waals surface area contributed by atoms with Crippen molar-refractivity contribution >= 4 is 22.9 Å². The number of carbonyl (C=O) groups excluding carboxylic acids is 1. The van der Waals surface area contributed by atoms with Crippen LogP contribution in [0.2, 0.25) is 0 Å². The summed E-state index contributed by atoms with van der Waals surface area (Å²) >= 11 is 1.66. The van der Waals surface area contributed by atoms with Gasteiger partial charge in [0, 0.05) is 30.4 Å². The first kappa shape index (κ1) is 13.5. The largest absolute Gasteiger partial charge is 0.388 e. The first-order valence-corrected chi connectivity index (χ1v) is 7.08. The minimum Gasteiger partial charge on any atom is -0.388 e. The highest BCUT2D eigenvalue weighted by Crippen LogP contribution is 2.15. The third kappa shape index (κ3) is 3.32. The highest BCUT2D eigenvalue weighted by atomic mass is 32.1. The Morgan fingerprint density at radius 1 is 1.47 bits per heavy atom. The normalized spacial score (nSPS) is 10.2. The highest BCUT2D eigenvalue weighted by molar-refractivity contribution is 7.09. The molecule has 0 saturated carbocycles. The van der Waals surface area contributed by atoms with Crippen molar-refractivity contribution in [1.29, 1.82) is 0 Å². The summed E-state index contributed by atoms with van der Waals surface area (Å²) in [6, 6.07) is 7.65. The topological polar surface area (TPSA) is 45.2 Å². The molecule has 2 aromatic heterocycles. The van der Waals surface area contributed by atoms with E-state index in [1.165, 1.54) is 4.88 Å². The van der Waals surface area contributed by atoms with Gasteiger partial charge in [-0.25, -0.2) is 0 Å². The fraction of sp³-hybridized carbons (Fsp3) is 0.286. The van der Waals surface area contributed by atoms with Gasteiger partial charge in [0.15, 0.2) is 0 Å². The lowest BCUT2D eigenvalue weighted by Crippen LogP contribution is -2.30. The van der Waals surface area contributed by atoms with E-state index in [4.69, 9.17) is 0 Å². The zero-order valence-corrected chi connectivity index (χ0v) is 11.9. The van der Waals surface area contributed by atoms with Crippen LogP contribution in [-0.2, 0) is 6.54 Å². The number of nitrogens with zero attached hydrogens (tertiary/aromatic N) is 2. The van der Waals surface area contributed by atoms with Crippen molar-refractivity contribution in [2.24, 2.45) is 0 Å². The molecule has 0 unspecified atom stereocenters. The molecule has 0 fully saturated rings. The first-order chi connectivity index (χ1) is 9.24. The summed E-state index contributed by atoms with van der Waals surface area (Å²) in [4.78, 5) is 19.5. The summed E-state index contributed by atoms with van der Waals surface area (Å²) < 4.78 is 0. The SMILES string of the molecule is CCN(Cc1cccs1)C(=O)c1cc(NC)ccn1. The Morgan fingerprint density at radius 3 is 2.95 bits per heavy atom. The molecule has 0 aromatic carbocycles. The van der Waals surface area contributed by atoms with Crippen molar-refractivity contribution in [3.8, 4) is 0 Å². The van der Waals surface area contributed by atoms with Gasteiger partial charge >= 0.3 is 0 Å². The molecule has 19 heavy (non-hydrogen) atoms. The zero-order chi connectivity index (χ0) is 13.7. The molecular formula is C14H17N3OS. The minimum absolute atomic E-state index is 0.0343. The second-order valence-electron chi connectivity index (χ2n) is 4.08. The number of hydrogen-bond donors (Lipinski definition) is 1. The first-order valence-electron chi connectivity index (χ1n) is 6.20. The lowest BCUT2D eigenvalue weighted by molar-refractivity contribution is 0.0748. The molecule has 1 amide bonds.